The third-order valence-corrected chi connectivity index (χ3v) is 3.91. The van der Waals surface area contributed by atoms with E-state index in [-0.39, 0.29) is 5.82 Å². The first-order valence-electron chi connectivity index (χ1n) is 7.02. The second-order valence-corrected chi connectivity index (χ2v) is 5.71. The van der Waals surface area contributed by atoms with Crippen molar-refractivity contribution in [2.24, 2.45) is 11.7 Å². The Kier molecular flexibility index (Phi) is 8.11. The topological polar surface area (TPSA) is 84.4 Å². The van der Waals surface area contributed by atoms with Crippen LogP contribution in [-0.2, 0) is 4.79 Å². The number of amides is 1. The molecule has 0 radical (unpaired) electrons. The average Bonchev–Trinajstić information content (AvgIpc) is 2.57. The van der Waals surface area contributed by atoms with Crippen molar-refractivity contribution in [1.29, 1.82) is 0 Å². The molecule has 0 aromatic heterocycles. The lowest BCUT2D eigenvalue weighted by molar-refractivity contribution is -0.109. The van der Waals surface area contributed by atoms with Gasteiger partial charge >= 0.3 is 0 Å². The highest BCUT2D eigenvalue weighted by molar-refractivity contribution is 9.10. The second kappa shape index (κ2) is 9.82. The molecular formula is C17H20BrFN4O. The largest absolute Gasteiger partial charge is 0.313 e. The first-order chi connectivity index (χ1) is 11.4. The van der Waals surface area contributed by atoms with Crippen LogP contribution in [-0.4, -0.2) is 13.5 Å². The van der Waals surface area contributed by atoms with Gasteiger partial charge in [0.2, 0.25) is 6.41 Å². The minimum Gasteiger partial charge on any atom is -0.313 e. The van der Waals surface area contributed by atoms with Crippen LogP contribution in [0, 0.1) is 12.7 Å². The Morgan fingerprint density at radius 2 is 1.83 bits per heavy atom. The van der Waals surface area contributed by atoms with Gasteiger partial charge < -0.3 is 5.01 Å². The molecular weight excluding hydrogens is 375 g/mol. The smallest absolute Gasteiger partial charge is 0.221 e. The molecule has 2 aromatic rings. The molecule has 0 bridgehead atoms. The van der Waals surface area contributed by atoms with E-state index in [0.29, 0.717) is 12.0 Å². The van der Waals surface area contributed by atoms with E-state index in [2.05, 4.69) is 21.8 Å². The quantitative estimate of drug-likeness (QED) is 0.244. The van der Waals surface area contributed by atoms with Crippen LogP contribution in [0.2, 0.25) is 0 Å². The zero-order valence-electron chi connectivity index (χ0n) is 13.5. The van der Waals surface area contributed by atoms with Crippen molar-refractivity contribution < 1.29 is 9.18 Å². The molecule has 24 heavy (non-hydrogen) atoms. The highest BCUT2D eigenvalue weighted by atomic mass is 79.9. The lowest BCUT2D eigenvalue weighted by atomic mass is 10.1. The first kappa shape index (κ1) is 19.8. The Labute approximate surface area is 149 Å². The molecule has 0 spiro atoms. The van der Waals surface area contributed by atoms with Gasteiger partial charge in [-0.15, -0.1) is 0 Å². The molecule has 0 saturated carbocycles. The number of benzene rings is 2. The van der Waals surface area contributed by atoms with Crippen LogP contribution in [0.25, 0.3) is 12.2 Å². The van der Waals surface area contributed by atoms with Gasteiger partial charge in [0.25, 0.3) is 0 Å². The third-order valence-electron chi connectivity index (χ3n) is 3.22. The molecule has 0 aliphatic heterocycles. The fourth-order valence-electron chi connectivity index (χ4n) is 1.98. The monoisotopic (exact) mass is 394 g/mol. The van der Waals surface area contributed by atoms with Gasteiger partial charge in [-0.25, -0.2) is 16.1 Å². The molecule has 0 saturated heterocycles. The number of carbonyl (C=O) groups is 1. The predicted octanol–water partition coefficient (Wildman–Crippen LogP) is 2.98. The summed E-state index contributed by atoms with van der Waals surface area (Å²) in [7, 11) is 1.78. The predicted molar refractivity (Wildman–Crippen MR) is 100 cm³/mol. The maximum absolute atomic E-state index is 13.5. The van der Waals surface area contributed by atoms with Crippen molar-refractivity contribution in [2.45, 2.75) is 6.92 Å². The maximum Gasteiger partial charge on any atom is 0.221 e. The number of carbonyl (C=O) groups excluding carboxylic acids is 1. The van der Waals surface area contributed by atoms with Gasteiger partial charge in [0, 0.05) is 17.1 Å². The normalized spacial score (nSPS) is 10.1. The van der Waals surface area contributed by atoms with Gasteiger partial charge in [-0.3, -0.25) is 10.2 Å². The fourth-order valence-corrected chi connectivity index (χ4v) is 2.46. The van der Waals surface area contributed by atoms with Gasteiger partial charge in [-0.1, -0.05) is 46.3 Å². The number of hydrogen-bond donors (Lipinski definition) is 3. The summed E-state index contributed by atoms with van der Waals surface area (Å²) in [5, 5.41) is 1.56. The standard InChI is InChI=1S/C16H16BrFN2.CH4N2O/c1-11-12(5-3-7-15(11)18)9-10-13-14(17)6-4-8-16(13)20(2)19;2-3-1-4/h3-10H,19H2,1-2H3;1H,2H2,(H,3,4)/b10-9+;. The summed E-state index contributed by atoms with van der Waals surface area (Å²) < 4.78 is 14.5. The zero-order valence-corrected chi connectivity index (χ0v) is 15.0. The highest BCUT2D eigenvalue weighted by Gasteiger charge is 2.06. The van der Waals surface area contributed by atoms with Gasteiger partial charge in [-0.2, -0.15) is 0 Å². The van der Waals surface area contributed by atoms with Crippen molar-refractivity contribution in [3.05, 3.63) is 63.4 Å². The van der Waals surface area contributed by atoms with Crippen LogP contribution in [0.1, 0.15) is 16.7 Å². The van der Waals surface area contributed by atoms with E-state index >= 15 is 0 Å². The minimum atomic E-state index is -0.199. The summed E-state index contributed by atoms with van der Waals surface area (Å²) in [5.41, 5.74) is 5.09. The molecule has 5 nitrogen and oxygen atoms in total. The van der Waals surface area contributed by atoms with E-state index in [4.69, 9.17) is 10.6 Å². The molecule has 128 valence electrons. The van der Waals surface area contributed by atoms with Crippen LogP contribution < -0.4 is 22.1 Å². The molecule has 2 aromatic carbocycles. The van der Waals surface area contributed by atoms with E-state index in [1.807, 2.05) is 36.4 Å². The highest BCUT2D eigenvalue weighted by Crippen LogP contribution is 2.28. The van der Waals surface area contributed by atoms with Crippen LogP contribution in [0.5, 0.6) is 0 Å². The zero-order chi connectivity index (χ0) is 18.1. The summed E-state index contributed by atoms with van der Waals surface area (Å²) in [6.45, 7) is 1.77. The van der Waals surface area contributed by atoms with E-state index in [1.54, 1.807) is 30.5 Å². The summed E-state index contributed by atoms with van der Waals surface area (Å²) >= 11 is 3.51. The minimum absolute atomic E-state index is 0.199. The van der Waals surface area contributed by atoms with E-state index in [1.165, 1.54) is 6.07 Å². The molecule has 0 unspecified atom stereocenters. The summed E-state index contributed by atoms with van der Waals surface area (Å²) in [6, 6.07) is 10.9. The number of anilines is 1. The van der Waals surface area contributed by atoms with Crippen molar-refractivity contribution in [1.82, 2.24) is 5.43 Å². The molecule has 0 atom stereocenters. The van der Waals surface area contributed by atoms with E-state index in [9.17, 15) is 4.39 Å². The van der Waals surface area contributed by atoms with Crippen LogP contribution >= 0.6 is 15.9 Å². The molecule has 0 heterocycles. The summed E-state index contributed by atoms with van der Waals surface area (Å²) in [5.74, 6) is 10.0. The third kappa shape index (κ3) is 5.45. The Morgan fingerprint density at radius 1 is 1.21 bits per heavy atom. The van der Waals surface area contributed by atoms with Gasteiger partial charge in [-0.05, 0) is 36.2 Å². The van der Waals surface area contributed by atoms with Crippen molar-refractivity contribution in [3.63, 3.8) is 0 Å². The van der Waals surface area contributed by atoms with Gasteiger partial charge in [0.05, 0.1) is 5.69 Å². The van der Waals surface area contributed by atoms with Crippen molar-refractivity contribution in [3.8, 4) is 0 Å². The molecule has 2 rings (SSSR count). The number of hydrogen-bond acceptors (Lipinski definition) is 4. The molecule has 0 aliphatic carbocycles. The Morgan fingerprint density at radius 3 is 2.42 bits per heavy atom. The summed E-state index contributed by atoms with van der Waals surface area (Å²) in [4.78, 5) is 8.94. The second-order valence-electron chi connectivity index (χ2n) is 4.86. The lowest BCUT2D eigenvalue weighted by Crippen LogP contribution is -2.25. The average molecular weight is 395 g/mol. The van der Waals surface area contributed by atoms with E-state index < -0.39 is 0 Å². The number of nitrogens with one attached hydrogen (secondary N) is 1. The SMILES string of the molecule is Cc1c(F)cccc1/C=C/c1c(Br)cccc1N(C)N.NNC=O. The Hall–Kier alpha value is -2.22. The fraction of sp³-hybridized carbons (Fsp3) is 0.118. The maximum atomic E-state index is 13.5. The van der Waals surface area contributed by atoms with Crippen molar-refractivity contribution >= 4 is 40.2 Å². The molecule has 7 heteroatoms. The number of rotatable bonds is 4. The Balaban J connectivity index is 0.000000648. The molecule has 1 amide bonds. The van der Waals surface area contributed by atoms with Crippen LogP contribution in [0.3, 0.4) is 0 Å². The van der Waals surface area contributed by atoms with Gasteiger partial charge in [0.1, 0.15) is 5.82 Å². The summed E-state index contributed by atoms with van der Waals surface area (Å²) in [6.07, 6.45) is 4.23. The lowest BCUT2D eigenvalue weighted by Gasteiger charge is -2.16. The van der Waals surface area contributed by atoms with Crippen LogP contribution in [0.4, 0.5) is 10.1 Å². The number of hydrazine groups is 2. The first-order valence-corrected chi connectivity index (χ1v) is 7.81. The van der Waals surface area contributed by atoms with E-state index in [0.717, 1.165) is 21.3 Å². The molecule has 0 aliphatic rings. The van der Waals surface area contributed by atoms with Gasteiger partial charge in [0.15, 0.2) is 0 Å². The van der Waals surface area contributed by atoms with Crippen LogP contribution in [0.15, 0.2) is 40.9 Å². The number of nitrogens with two attached hydrogens (primary N) is 2. The number of halogens is 2. The molecule has 0 fully saturated rings. The van der Waals surface area contributed by atoms with Crippen molar-refractivity contribution in [2.75, 3.05) is 12.1 Å². The Bertz CT molecular complexity index is 720. The number of nitrogens with zero attached hydrogens (tertiary/aromatic N) is 1. The molecule has 5 N–H and O–H groups in total.